The van der Waals surface area contributed by atoms with E-state index in [2.05, 4.69) is 20.5 Å². The Labute approximate surface area is 137 Å². The van der Waals surface area contributed by atoms with Crippen LogP contribution in [0.3, 0.4) is 0 Å². The van der Waals surface area contributed by atoms with E-state index in [4.69, 9.17) is 0 Å². The molecule has 1 N–H and O–H groups in total. The molecule has 3 aromatic rings. The standard InChI is InChI=1S/C13H10F3N5S2/c14-8-2-1-3-9(6-8)18-12-19-20-13(23-12)22-7-10-17-4-5-21(10)11(15)16/h1-6,11H,7H2,(H,18,19). The van der Waals surface area contributed by atoms with Gasteiger partial charge in [-0.1, -0.05) is 29.2 Å². The average Bonchev–Trinajstić information content (AvgIpc) is 3.14. The molecule has 1 aromatic carbocycles. The minimum atomic E-state index is -2.62. The van der Waals surface area contributed by atoms with Gasteiger partial charge in [0, 0.05) is 18.1 Å². The minimum absolute atomic E-state index is 0.256. The van der Waals surface area contributed by atoms with E-state index in [1.807, 2.05) is 0 Å². The highest BCUT2D eigenvalue weighted by Gasteiger charge is 2.13. The molecule has 3 rings (SSSR count). The fourth-order valence-corrected chi connectivity index (χ4v) is 3.49. The van der Waals surface area contributed by atoms with E-state index in [0.717, 1.165) is 4.57 Å². The Morgan fingerprint density at radius 1 is 1.30 bits per heavy atom. The molecule has 0 fully saturated rings. The number of nitrogens with zero attached hydrogens (tertiary/aromatic N) is 4. The van der Waals surface area contributed by atoms with Crippen molar-refractivity contribution in [3.8, 4) is 0 Å². The van der Waals surface area contributed by atoms with E-state index in [-0.39, 0.29) is 17.4 Å². The summed E-state index contributed by atoms with van der Waals surface area (Å²) in [6.07, 6.45) is 2.57. The predicted molar refractivity (Wildman–Crippen MR) is 82.6 cm³/mol. The number of hydrogen-bond donors (Lipinski definition) is 1. The smallest absolute Gasteiger partial charge is 0.319 e. The van der Waals surface area contributed by atoms with E-state index in [9.17, 15) is 13.2 Å². The van der Waals surface area contributed by atoms with E-state index in [1.54, 1.807) is 12.1 Å². The van der Waals surface area contributed by atoms with Crippen molar-refractivity contribution in [2.24, 2.45) is 0 Å². The maximum Gasteiger partial charge on any atom is 0.319 e. The van der Waals surface area contributed by atoms with Crippen LogP contribution in [0.4, 0.5) is 24.0 Å². The van der Waals surface area contributed by atoms with Crippen molar-refractivity contribution >= 4 is 33.9 Å². The Bertz CT molecular complexity index is 789. The molecule has 2 aromatic heterocycles. The number of nitrogens with one attached hydrogen (secondary N) is 1. The molecule has 10 heteroatoms. The molecule has 0 amide bonds. The number of aromatic nitrogens is 4. The fraction of sp³-hybridized carbons (Fsp3) is 0.154. The molecule has 0 bridgehead atoms. The van der Waals surface area contributed by atoms with Gasteiger partial charge in [-0.25, -0.2) is 9.37 Å². The van der Waals surface area contributed by atoms with Crippen LogP contribution in [0, 0.1) is 5.82 Å². The van der Waals surface area contributed by atoms with Gasteiger partial charge in [0.2, 0.25) is 5.13 Å². The van der Waals surface area contributed by atoms with Crippen LogP contribution in [0.15, 0.2) is 41.0 Å². The quantitative estimate of drug-likeness (QED) is 0.667. The zero-order valence-electron chi connectivity index (χ0n) is 11.5. The molecule has 23 heavy (non-hydrogen) atoms. The van der Waals surface area contributed by atoms with Gasteiger partial charge in [0.1, 0.15) is 11.6 Å². The molecule has 5 nitrogen and oxygen atoms in total. The second kappa shape index (κ2) is 7.01. The van der Waals surface area contributed by atoms with Gasteiger partial charge in [-0.15, -0.1) is 10.2 Å². The van der Waals surface area contributed by atoms with Crippen LogP contribution < -0.4 is 5.32 Å². The van der Waals surface area contributed by atoms with E-state index >= 15 is 0 Å². The highest BCUT2D eigenvalue weighted by molar-refractivity contribution is 8.00. The van der Waals surface area contributed by atoms with Gasteiger partial charge in [-0.3, -0.25) is 4.57 Å². The van der Waals surface area contributed by atoms with Crippen LogP contribution in [0.1, 0.15) is 12.4 Å². The average molecular weight is 357 g/mol. The molecule has 0 radical (unpaired) electrons. The molecule has 0 spiro atoms. The van der Waals surface area contributed by atoms with Gasteiger partial charge in [0.15, 0.2) is 4.34 Å². The number of rotatable bonds is 6. The number of anilines is 2. The summed E-state index contributed by atoms with van der Waals surface area (Å²) in [6, 6.07) is 5.97. The summed E-state index contributed by atoms with van der Waals surface area (Å²) in [5.74, 6) is 0.166. The molecular weight excluding hydrogens is 347 g/mol. The van der Waals surface area contributed by atoms with Gasteiger partial charge in [0.05, 0.1) is 5.75 Å². The Morgan fingerprint density at radius 2 is 2.17 bits per heavy atom. The monoisotopic (exact) mass is 357 g/mol. The van der Waals surface area contributed by atoms with Crippen LogP contribution >= 0.6 is 23.1 Å². The second-order valence-electron chi connectivity index (χ2n) is 4.33. The summed E-state index contributed by atoms with van der Waals surface area (Å²) in [6.45, 7) is -2.62. The number of benzene rings is 1. The number of imidazole rings is 1. The topological polar surface area (TPSA) is 55.6 Å². The summed E-state index contributed by atoms with van der Waals surface area (Å²) >= 11 is 2.51. The lowest BCUT2D eigenvalue weighted by atomic mass is 10.3. The van der Waals surface area contributed by atoms with Crippen molar-refractivity contribution in [2.45, 2.75) is 16.6 Å². The third-order valence-corrected chi connectivity index (χ3v) is 4.73. The first kappa shape index (κ1) is 15.8. The summed E-state index contributed by atoms with van der Waals surface area (Å²) in [5, 5.41) is 11.3. The van der Waals surface area contributed by atoms with Crippen molar-refractivity contribution in [2.75, 3.05) is 5.32 Å². The zero-order valence-corrected chi connectivity index (χ0v) is 13.1. The molecular formula is C13H10F3N5S2. The lowest BCUT2D eigenvalue weighted by molar-refractivity contribution is 0.0678. The third-order valence-electron chi connectivity index (χ3n) is 2.77. The molecule has 0 saturated heterocycles. The molecule has 0 atom stereocenters. The lowest BCUT2D eigenvalue weighted by Crippen LogP contribution is -2.01. The van der Waals surface area contributed by atoms with Gasteiger partial charge in [-0.05, 0) is 18.2 Å². The molecule has 0 saturated carbocycles. The Morgan fingerprint density at radius 3 is 2.96 bits per heavy atom. The molecule has 0 aliphatic heterocycles. The number of hydrogen-bond acceptors (Lipinski definition) is 6. The van der Waals surface area contributed by atoms with Crippen LogP contribution in [0.25, 0.3) is 0 Å². The van der Waals surface area contributed by atoms with Crippen LogP contribution in [-0.4, -0.2) is 19.7 Å². The summed E-state index contributed by atoms with van der Waals surface area (Å²) in [4.78, 5) is 3.90. The van der Waals surface area contributed by atoms with Gasteiger partial charge >= 0.3 is 6.55 Å². The highest BCUT2D eigenvalue weighted by atomic mass is 32.2. The van der Waals surface area contributed by atoms with E-state index in [0.29, 0.717) is 15.2 Å². The Balaban J connectivity index is 1.62. The summed E-state index contributed by atoms with van der Waals surface area (Å²) < 4.78 is 39.9. The number of alkyl halides is 2. The second-order valence-corrected chi connectivity index (χ2v) is 6.53. The summed E-state index contributed by atoms with van der Waals surface area (Å²) in [5.41, 5.74) is 0.561. The first-order valence-electron chi connectivity index (χ1n) is 6.40. The molecule has 0 aliphatic carbocycles. The van der Waals surface area contributed by atoms with E-state index in [1.165, 1.54) is 47.6 Å². The third kappa shape index (κ3) is 4.02. The molecule has 0 aliphatic rings. The van der Waals surface area contributed by atoms with Crippen LogP contribution in [0.5, 0.6) is 0 Å². The predicted octanol–water partition coefficient (Wildman–Crippen LogP) is 4.30. The van der Waals surface area contributed by atoms with Crippen molar-refractivity contribution in [1.82, 2.24) is 19.7 Å². The Hall–Kier alpha value is -2.07. The first-order chi connectivity index (χ1) is 11.1. The number of thioether (sulfide) groups is 1. The summed E-state index contributed by atoms with van der Waals surface area (Å²) in [7, 11) is 0. The minimum Gasteiger partial charge on any atom is -0.330 e. The fourth-order valence-electron chi connectivity index (χ4n) is 1.77. The normalized spacial score (nSPS) is 11.1. The van der Waals surface area contributed by atoms with Crippen molar-refractivity contribution < 1.29 is 13.2 Å². The Kier molecular flexibility index (Phi) is 4.82. The lowest BCUT2D eigenvalue weighted by Gasteiger charge is -2.04. The van der Waals surface area contributed by atoms with Crippen molar-refractivity contribution in [1.29, 1.82) is 0 Å². The van der Waals surface area contributed by atoms with Gasteiger partial charge in [-0.2, -0.15) is 8.78 Å². The maximum absolute atomic E-state index is 13.1. The molecule has 2 heterocycles. The van der Waals surface area contributed by atoms with Crippen molar-refractivity contribution in [3.05, 3.63) is 48.3 Å². The highest BCUT2D eigenvalue weighted by Crippen LogP contribution is 2.30. The SMILES string of the molecule is Fc1cccc(Nc2nnc(SCc3nccn3C(F)F)s2)c1. The largest absolute Gasteiger partial charge is 0.330 e. The van der Waals surface area contributed by atoms with Crippen molar-refractivity contribution in [3.63, 3.8) is 0 Å². The molecule has 0 unspecified atom stereocenters. The van der Waals surface area contributed by atoms with Crippen LogP contribution in [0.2, 0.25) is 0 Å². The van der Waals surface area contributed by atoms with Crippen LogP contribution in [-0.2, 0) is 5.75 Å². The molecule has 120 valence electrons. The zero-order chi connectivity index (χ0) is 16.2. The van der Waals surface area contributed by atoms with Gasteiger partial charge in [0.25, 0.3) is 0 Å². The first-order valence-corrected chi connectivity index (χ1v) is 8.21. The maximum atomic E-state index is 13.1. The van der Waals surface area contributed by atoms with Gasteiger partial charge < -0.3 is 5.32 Å². The number of halogens is 3. The van der Waals surface area contributed by atoms with E-state index < -0.39 is 6.55 Å².